The second-order valence-corrected chi connectivity index (χ2v) is 8.45. The Morgan fingerprint density at radius 3 is 2.61 bits per heavy atom. The molecule has 1 unspecified atom stereocenters. The van der Waals surface area contributed by atoms with Gasteiger partial charge < -0.3 is 19.8 Å². The minimum Gasteiger partial charge on any atom is -0.493 e. The molecule has 5 nitrogen and oxygen atoms in total. The van der Waals surface area contributed by atoms with E-state index in [0.29, 0.717) is 23.5 Å². The Kier molecular flexibility index (Phi) is 4.16. The Morgan fingerprint density at radius 1 is 1.00 bits per heavy atom. The molecule has 5 heteroatoms. The first kappa shape index (κ1) is 18.3. The molecule has 0 bridgehead atoms. The zero-order valence-corrected chi connectivity index (χ0v) is 17.5. The lowest BCUT2D eigenvalue weighted by Crippen LogP contribution is -2.19. The standard InChI is InChI=1S/C26H25N3O2/c1-30-21-14-6-12-19-22(20-13-7-15-29(20)16-8-2-3-9-16)23-17-10-4-5-11-18(17)25(27)28-26(23)31-24(19)21/h4-7,10-16,22H,2-3,8-9H2,1H3,(H2,27,28). The molecular weight excluding hydrogens is 386 g/mol. The van der Waals surface area contributed by atoms with E-state index in [1.54, 1.807) is 7.11 Å². The SMILES string of the molecule is COc1cccc2c1Oc1nc(N)c3ccccc3c1C2c1cccn1C1CCCC1. The molecule has 0 radical (unpaired) electrons. The van der Waals surface area contributed by atoms with Crippen LogP contribution in [0, 0.1) is 0 Å². The first-order chi connectivity index (χ1) is 15.3. The van der Waals surface area contributed by atoms with Crippen LogP contribution in [0.25, 0.3) is 10.8 Å². The number of anilines is 1. The van der Waals surface area contributed by atoms with E-state index >= 15 is 0 Å². The van der Waals surface area contributed by atoms with Crippen LogP contribution >= 0.6 is 0 Å². The zero-order chi connectivity index (χ0) is 20.9. The van der Waals surface area contributed by atoms with E-state index in [9.17, 15) is 0 Å². The van der Waals surface area contributed by atoms with Gasteiger partial charge in [-0.1, -0.05) is 49.2 Å². The van der Waals surface area contributed by atoms with Gasteiger partial charge in [-0.25, -0.2) is 0 Å². The molecule has 2 aromatic heterocycles. The van der Waals surface area contributed by atoms with Crippen molar-refractivity contribution < 1.29 is 9.47 Å². The molecule has 1 atom stereocenters. The fourth-order valence-electron chi connectivity index (χ4n) is 5.40. The minimum absolute atomic E-state index is 0.0116. The highest BCUT2D eigenvalue weighted by Gasteiger charge is 2.36. The molecule has 2 aromatic carbocycles. The van der Waals surface area contributed by atoms with E-state index in [1.165, 1.54) is 31.4 Å². The number of hydrogen-bond donors (Lipinski definition) is 1. The Labute approximate surface area is 181 Å². The van der Waals surface area contributed by atoms with E-state index in [4.69, 9.17) is 20.2 Å². The molecular formula is C26H25N3O2. The van der Waals surface area contributed by atoms with Gasteiger partial charge in [0.25, 0.3) is 0 Å². The highest BCUT2D eigenvalue weighted by atomic mass is 16.5. The maximum absolute atomic E-state index is 6.36. The number of nitrogen functional groups attached to an aromatic ring is 1. The molecule has 3 heterocycles. The summed E-state index contributed by atoms with van der Waals surface area (Å²) in [5.41, 5.74) is 9.77. The zero-order valence-electron chi connectivity index (χ0n) is 17.5. The summed E-state index contributed by atoms with van der Waals surface area (Å²) in [5.74, 6) is 2.47. The minimum atomic E-state index is -0.0116. The predicted molar refractivity (Wildman–Crippen MR) is 122 cm³/mol. The number of benzene rings is 2. The second kappa shape index (κ2) is 7.05. The van der Waals surface area contributed by atoms with Crippen molar-refractivity contribution in [3.8, 4) is 17.4 Å². The van der Waals surface area contributed by atoms with Crippen molar-refractivity contribution in [3.63, 3.8) is 0 Å². The first-order valence-corrected chi connectivity index (χ1v) is 11.0. The van der Waals surface area contributed by atoms with Gasteiger partial charge in [-0.15, -0.1) is 0 Å². The average molecular weight is 412 g/mol. The molecule has 6 rings (SSSR count). The summed E-state index contributed by atoms with van der Waals surface area (Å²) in [7, 11) is 1.67. The molecule has 1 aliphatic heterocycles. The van der Waals surface area contributed by atoms with Crippen LogP contribution in [-0.4, -0.2) is 16.7 Å². The summed E-state index contributed by atoms with van der Waals surface area (Å²) in [6.45, 7) is 0. The van der Waals surface area contributed by atoms with Crippen LogP contribution in [0.3, 0.4) is 0 Å². The van der Waals surface area contributed by atoms with Crippen molar-refractivity contribution in [2.45, 2.75) is 37.6 Å². The van der Waals surface area contributed by atoms with Gasteiger partial charge in [0.05, 0.1) is 13.0 Å². The molecule has 156 valence electrons. The molecule has 31 heavy (non-hydrogen) atoms. The highest BCUT2D eigenvalue weighted by Crippen LogP contribution is 2.53. The number of hydrogen-bond acceptors (Lipinski definition) is 4. The van der Waals surface area contributed by atoms with Gasteiger partial charge in [0, 0.05) is 34.4 Å². The topological polar surface area (TPSA) is 62.3 Å². The fourth-order valence-corrected chi connectivity index (χ4v) is 5.40. The van der Waals surface area contributed by atoms with Crippen molar-refractivity contribution in [3.05, 3.63) is 77.6 Å². The lowest BCUT2D eigenvalue weighted by atomic mass is 9.83. The molecule has 1 fully saturated rings. The largest absolute Gasteiger partial charge is 0.493 e. The number of rotatable bonds is 3. The number of pyridine rings is 1. The van der Waals surface area contributed by atoms with Crippen LogP contribution < -0.4 is 15.2 Å². The Morgan fingerprint density at radius 2 is 1.81 bits per heavy atom. The van der Waals surface area contributed by atoms with Gasteiger partial charge in [0.2, 0.25) is 5.88 Å². The number of para-hydroxylation sites is 1. The van der Waals surface area contributed by atoms with Crippen molar-refractivity contribution in [1.29, 1.82) is 0 Å². The van der Waals surface area contributed by atoms with Crippen LogP contribution in [0.15, 0.2) is 60.8 Å². The third kappa shape index (κ3) is 2.73. The van der Waals surface area contributed by atoms with Crippen LogP contribution in [0.4, 0.5) is 5.82 Å². The maximum Gasteiger partial charge on any atom is 0.226 e. The average Bonchev–Trinajstić information content (AvgIpc) is 3.49. The number of nitrogens with zero attached hydrogens (tertiary/aromatic N) is 2. The van der Waals surface area contributed by atoms with Gasteiger partial charge in [-0.3, -0.25) is 0 Å². The van der Waals surface area contributed by atoms with E-state index in [-0.39, 0.29) is 5.92 Å². The number of fused-ring (bicyclic) bond motifs is 4. The Hall–Kier alpha value is -3.47. The van der Waals surface area contributed by atoms with Crippen molar-refractivity contribution in [2.75, 3.05) is 12.8 Å². The molecule has 0 spiro atoms. The number of nitrogens with two attached hydrogens (primary N) is 1. The molecule has 1 aliphatic carbocycles. The third-order valence-corrected chi connectivity index (χ3v) is 6.80. The smallest absolute Gasteiger partial charge is 0.226 e. The quantitative estimate of drug-likeness (QED) is 0.394. The van der Waals surface area contributed by atoms with Gasteiger partial charge in [-0.2, -0.15) is 4.98 Å². The van der Waals surface area contributed by atoms with Gasteiger partial charge in [-0.05, 0) is 36.4 Å². The number of methoxy groups -OCH3 is 1. The van der Waals surface area contributed by atoms with Crippen LogP contribution in [-0.2, 0) is 0 Å². The Balaban J connectivity index is 1.67. The van der Waals surface area contributed by atoms with E-state index in [0.717, 1.165) is 27.6 Å². The van der Waals surface area contributed by atoms with E-state index < -0.39 is 0 Å². The lowest BCUT2D eigenvalue weighted by molar-refractivity contribution is 0.362. The van der Waals surface area contributed by atoms with Gasteiger partial charge in [0.15, 0.2) is 11.5 Å². The first-order valence-electron chi connectivity index (χ1n) is 11.0. The second-order valence-electron chi connectivity index (χ2n) is 8.45. The van der Waals surface area contributed by atoms with Crippen molar-refractivity contribution >= 4 is 16.6 Å². The van der Waals surface area contributed by atoms with Gasteiger partial charge in [0.1, 0.15) is 5.82 Å². The molecule has 0 amide bonds. The fraction of sp³-hybridized carbons (Fsp3) is 0.269. The monoisotopic (exact) mass is 411 g/mol. The molecule has 4 aromatic rings. The number of ether oxygens (including phenoxy) is 2. The highest BCUT2D eigenvalue weighted by molar-refractivity contribution is 5.96. The van der Waals surface area contributed by atoms with Crippen molar-refractivity contribution in [2.24, 2.45) is 0 Å². The summed E-state index contributed by atoms with van der Waals surface area (Å²) in [5, 5.41) is 2.04. The summed E-state index contributed by atoms with van der Waals surface area (Å²) >= 11 is 0. The lowest BCUT2D eigenvalue weighted by Gasteiger charge is -2.31. The molecule has 0 saturated heterocycles. The van der Waals surface area contributed by atoms with Crippen LogP contribution in [0.2, 0.25) is 0 Å². The van der Waals surface area contributed by atoms with E-state index in [1.807, 2.05) is 24.3 Å². The van der Waals surface area contributed by atoms with Crippen LogP contribution in [0.5, 0.6) is 17.4 Å². The van der Waals surface area contributed by atoms with Crippen LogP contribution in [0.1, 0.15) is 54.5 Å². The third-order valence-electron chi connectivity index (χ3n) is 6.80. The summed E-state index contributed by atoms with van der Waals surface area (Å²) in [6.07, 6.45) is 7.26. The molecule has 2 N–H and O–H groups in total. The van der Waals surface area contributed by atoms with Crippen molar-refractivity contribution in [1.82, 2.24) is 9.55 Å². The summed E-state index contributed by atoms with van der Waals surface area (Å²) in [4.78, 5) is 4.69. The van der Waals surface area contributed by atoms with E-state index in [2.05, 4.69) is 41.1 Å². The van der Waals surface area contributed by atoms with Gasteiger partial charge >= 0.3 is 0 Å². The predicted octanol–water partition coefficient (Wildman–Crippen LogP) is 6.03. The summed E-state index contributed by atoms with van der Waals surface area (Å²) in [6, 6.07) is 19.3. The molecule has 2 aliphatic rings. The molecule has 1 saturated carbocycles. The Bertz CT molecular complexity index is 1290. The summed E-state index contributed by atoms with van der Waals surface area (Å²) < 4.78 is 14.5. The number of aromatic nitrogens is 2. The maximum atomic E-state index is 6.36. The normalized spacial score (nSPS) is 17.9.